The molecule has 0 spiro atoms. The quantitative estimate of drug-likeness (QED) is 0.186. The first-order valence-corrected chi connectivity index (χ1v) is 5.30. The Kier molecular flexibility index (Phi) is 5.06. The Balaban J connectivity index is 2.60. The van der Waals surface area contributed by atoms with Crippen molar-refractivity contribution >= 4 is 11.7 Å². The number of nitrogens with zero attached hydrogens (tertiary/aromatic N) is 1. The second-order valence-corrected chi connectivity index (χ2v) is 3.68. The number of rotatable bonds is 6. The summed E-state index contributed by atoms with van der Waals surface area (Å²) in [7, 11) is 0. The van der Waals surface area contributed by atoms with E-state index in [1.807, 2.05) is 0 Å². The summed E-state index contributed by atoms with van der Waals surface area (Å²) in [5, 5.41) is 14.1. The number of carbonyl (C=O) groups is 1. The summed E-state index contributed by atoms with van der Waals surface area (Å²) < 4.78 is 13.6. The molecule has 0 aliphatic heterocycles. The molecule has 0 atom stereocenters. The molecule has 0 aromatic heterocycles. The molecule has 1 aromatic rings. The van der Waals surface area contributed by atoms with E-state index in [9.17, 15) is 9.18 Å². The predicted molar refractivity (Wildman–Crippen MR) is 64.4 cm³/mol. The molecular weight excluding hydrogens is 239 g/mol. The molecule has 1 aromatic carbocycles. The fourth-order valence-corrected chi connectivity index (χ4v) is 1.34. The Morgan fingerprint density at radius 1 is 1.44 bits per heavy atom. The van der Waals surface area contributed by atoms with Crippen molar-refractivity contribution < 1.29 is 14.4 Å². The lowest BCUT2D eigenvalue weighted by molar-refractivity contribution is -0.117. The highest BCUT2D eigenvalue weighted by Crippen LogP contribution is 2.10. The zero-order valence-electron chi connectivity index (χ0n) is 9.69. The van der Waals surface area contributed by atoms with Gasteiger partial charge in [-0.15, -0.1) is 0 Å². The van der Waals surface area contributed by atoms with E-state index in [2.05, 4.69) is 10.5 Å². The fourth-order valence-electron chi connectivity index (χ4n) is 1.34. The van der Waals surface area contributed by atoms with Gasteiger partial charge in [0.2, 0.25) is 5.91 Å². The van der Waals surface area contributed by atoms with Gasteiger partial charge in [-0.05, 0) is 6.07 Å². The van der Waals surface area contributed by atoms with Gasteiger partial charge in [0.15, 0.2) is 5.84 Å². The maximum absolute atomic E-state index is 13.6. The molecule has 1 amide bonds. The first-order valence-electron chi connectivity index (χ1n) is 5.30. The number of hydrogen-bond acceptors (Lipinski definition) is 4. The Labute approximate surface area is 103 Å². The van der Waals surface area contributed by atoms with Gasteiger partial charge >= 0.3 is 0 Å². The van der Waals surface area contributed by atoms with Crippen LogP contribution in [0.25, 0.3) is 0 Å². The average Bonchev–Trinajstić information content (AvgIpc) is 2.34. The van der Waals surface area contributed by atoms with Crippen molar-refractivity contribution in [2.24, 2.45) is 16.6 Å². The zero-order valence-corrected chi connectivity index (χ0v) is 9.69. The van der Waals surface area contributed by atoms with Gasteiger partial charge in [-0.25, -0.2) is 4.39 Å². The van der Waals surface area contributed by atoms with Crippen LogP contribution in [0.15, 0.2) is 23.4 Å². The standard InChI is InChI=1S/C11H15FN4O2/c12-9-5-7(11(14)16-18)1-2-8(9)6-15-4-3-10(13)17/h1-2,5,15,18H,3-4,6H2,(H2,13,17)(H2,14,16). The molecule has 0 aliphatic rings. The average molecular weight is 254 g/mol. The molecule has 6 nitrogen and oxygen atoms in total. The number of nitrogens with two attached hydrogens (primary N) is 2. The summed E-state index contributed by atoms with van der Waals surface area (Å²) in [6.45, 7) is 0.659. The number of oxime groups is 1. The highest BCUT2D eigenvalue weighted by molar-refractivity contribution is 5.97. The summed E-state index contributed by atoms with van der Waals surface area (Å²) >= 11 is 0. The zero-order chi connectivity index (χ0) is 13.5. The van der Waals surface area contributed by atoms with Crippen molar-refractivity contribution in [3.63, 3.8) is 0 Å². The number of amidine groups is 1. The SMILES string of the molecule is NC(=O)CCNCc1ccc(C(N)=NO)cc1F. The van der Waals surface area contributed by atoms with Gasteiger partial charge < -0.3 is 22.0 Å². The van der Waals surface area contributed by atoms with Crippen molar-refractivity contribution in [1.82, 2.24) is 5.32 Å². The largest absolute Gasteiger partial charge is 0.409 e. The van der Waals surface area contributed by atoms with Crippen LogP contribution >= 0.6 is 0 Å². The van der Waals surface area contributed by atoms with Gasteiger partial charge in [0.25, 0.3) is 0 Å². The van der Waals surface area contributed by atoms with Gasteiger partial charge in [0, 0.05) is 30.6 Å². The Morgan fingerprint density at radius 3 is 2.72 bits per heavy atom. The number of carbonyl (C=O) groups excluding carboxylic acids is 1. The lowest BCUT2D eigenvalue weighted by atomic mass is 10.1. The third-order valence-corrected chi connectivity index (χ3v) is 2.32. The van der Waals surface area contributed by atoms with E-state index in [0.717, 1.165) is 0 Å². The minimum absolute atomic E-state index is 0.151. The highest BCUT2D eigenvalue weighted by Gasteiger charge is 2.06. The molecule has 1 rings (SSSR count). The Bertz CT molecular complexity index is 462. The number of halogens is 1. The van der Waals surface area contributed by atoms with E-state index < -0.39 is 11.7 Å². The van der Waals surface area contributed by atoms with Crippen LogP contribution < -0.4 is 16.8 Å². The lowest BCUT2D eigenvalue weighted by Gasteiger charge is -2.06. The number of hydrogen-bond donors (Lipinski definition) is 4. The third-order valence-electron chi connectivity index (χ3n) is 2.32. The molecule has 0 radical (unpaired) electrons. The molecular formula is C11H15FN4O2. The van der Waals surface area contributed by atoms with Crippen molar-refractivity contribution in [3.05, 3.63) is 35.1 Å². The predicted octanol–water partition coefficient (Wildman–Crippen LogP) is -0.115. The molecule has 0 fully saturated rings. The fraction of sp³-hybridized carbons (Fsp3) is 0.273. The van der Waals surface area contributed by atoms with Crippen molar-refractivity contribution in [2.45, 2.75) is 13.0 Å². The topological polar surface area (TPSA) is 114 Å². The van der Waals surface area contributed by atoms with E-state index in [4.69, 9.17) is 16.7 Å². The normalized spacial score (nSPS) is 11.5. The maximum atomic E-state index is 13.6. The van der Waals surface area contributed by atoms with E-state index in [-0.39, 0.29) is 18.8 Å². The molecule has 18 heavy (non-hydrogen) atoms. The van der Waals surface area contributed by atoms with Crippen LogP contribution in [0.2, 0.25) is 0 Å². The number of primary amides is 1. The van der Waals surface area contributed by atoms with Crippen molar-refractivity contribution in [3.8, 4) is 0 Å². The number of benzene rings is 1. The monoisotopic (exact) mass is 254 g/mol. The summed E-state index contributed by atoms with van der Waals surface area (Å²) in [6.07, 6.45) is 0.198. The van der Waals surface area contributed by atoms with Crippen LogP contribution in [0.3, 0.4) is 0 Å². The van der Waals surface area contributed by atoms with Crippen molar-refractivity contribution in [2.75, 3.05) is 6.54 Å². The minimum atomic E-state index is -0.467. The van der Waals surface area contributed by atoms with Crippen LogP contribution in [0.5, 0.6) is 0 Å². The molecule has 6 N–H and O–H groups in total. The second kappa shape index (κ2) is 6.55. The molecule has 0 saturated carbocycles. The van der Waals surface area contributed by atoms with Crippen LogP contribution in [-0.4, -0.2) is 23.5 Å². The molecule has 0 aliphatic carbocycles. The van der Waals surface area contributed by atoms with Gasteiger partial charge in [0.05, 0.1) is 0 Å². The van der Waals surface area contributed by atoms with Crippen LogP contribution in [0, 0.1) is 5.82 Å². The summed E-state index contributed by atoms with van der Waals surface area (Å²) in [5.41, 5.74) is 11.0. The van der Waals surface area contributed by atoms with Gasteiger partial charge in [0.1, 0.15) is 5.82 Å². The van der Waals surface area contributed by atoms with E-state index >= 15 is 0 Å². The molecule has 0 saturated heterocycles. The maximum Gasteiger partial charge on any atom is 0.218 e. The molecule has 7 heteroatoms. The van der Waals surface area contributed by atoms with Crippen molar-refractivity contribution in [1.29, 1.82) is 0 Å². The first-order chi connectivity index (χ1) is 8.54. The highest BCUT2D eigenvalue weighted by atomic mass is 19.1. The smallest absolute Gasteiger partial charge is 0.218 e. The van der Waals surface area contributed by atoms with E-state index in [1.165, 1.54) is 12.1 Å². The summed E-state index contributed by atoms with van der Waals surface area (Å²) in [4.78, 5) is 10.5. The summed E-state index contributed by atoms with van der Waals surface area (Å²) in [5.74, 6) is -1.03. The van der Waals surface area contributed by atoms with E-state index in [0.29, 0.717) is 17.7 Å². The molecule has 0 bridgehead atoms. The van der Waals surface area contributed by atoms with Crippen LogP contribution in [0.4, 0.5) is 4.39 Å². The third kappa shape index (κ3) is 4.02. The number of amides is 1. The van der Waals surface area contributed by atoms with Crippen LogP contribution in [-0.2, 0) is 11.3 Å². The lowest BCUT2D eigenvalue weighted by Crippen LogP contribution is -2.22. The minimum Gasteiger partial charge on any atom is -0.409 e. The van der Waals surface area contributed by atoms with Gasteiger partial charge in [-0.3, -0.25) is 4.79 Å². The first kappa shape index (κ1) is 13.9. The Morgan fingerprint density at radius 2 is 2.17 bits per heavy atom. The molecule has 0 unspecified atom stereocenters. The van der Waals surface area contributed by atoms with Gasteiger partial charge in [-0.1, -0.05) is 17.3 Å². The summed E-state index contributed by atoms with van der Waals surface area (Å²) in [6, 6.07) is 4.25. The van der Waals surface area contributed by atoms with E-state index in [1.54, 1.807) is 6.07 Å². The van der Waals surface area contributed by atoms with Gasteiger partial charge in [-0.2, -0.15) is 0 Å². The number of nitrogens with one attached hydrogen (secondary N) is 1. The molecule has 0 heterocycles. The Hall–Kier alpha value is -2.15. The molecule has 98 valence electrons. The van der Waals surface area contributed by atoms with Crippen LogP contribution in [0.1, 0.15) is 17.5 Å². The second-order valence-electron chi connectivity index (χ2n) is 3.68.